The molecule has 2 aromatic carbocycles. The fourth-order valence-electron chi connectivity index (χ4n) is 2.61. The van der Waals surface area contributed by atoms with E-state index in [1.165, 1.54) is 5.56 Å². The molecule has 0 radical (unpaired) electrons. The van der Waals surface area contributed by atoms with Crippen LogP contribution in [0.2, 0.25) is 0 Å². The number of hydrogen-bond acceptors (Lipinski definition) is 3. The molecule has 0 atom stereocenters. The molecule has 0 aliphatic carbocycles. The number of anilines is 2. The molecular formula is C21H21N3O. The molecule has 0 saturated carbocycles. The number of aromatic nitrogens is 1. The van der Waals surface area contributed by atoms with Gasteiger partial charge in [-0.25, -0.2) is 4.98 Å². The minimum absolute atomic E-state index is 0.205. The summed E-state index contributed by atoms with van der Waals surface area (Å²) in [7, 11) is 0. The van der Waals surface area contributed by atoms with Gasteiger partial charge in [-0.1, -0.05) is 48.5 Å². The van der Waals surface area contributed by atoms with Crippen LogP contribution in [0.4, 0.5) is 11.4 Å². The number of nitrogens with zero attached hydrogens (tertiary/aromatic N) is 2. The first-order valence-corrected chi connectivity index (χ1v) is 8.37. The molecule has 1 amide bonds. The Morgan fingerprint density at radius 2 is 1.64 bits per heavy atom. The van der Waals surface area contributed by atoms with E-state index in [2.05, 4.69) is 34.3 Å². The van der Waals surface area contributed by atoms with Gasteiger partial charge in [0.05, 0.1) is 11.9 Å². The first kappa shape index (κ1) is 16.7. The number of pyridine rings is 1. The van der Waals surface area contributed by atoms with Gasteiger partial charge >= 0.3 is 0 Å². The zero-order valence-corrected chi connectivity index (χ0v) is 14.2. The van der Waals surface area contributed by atoms with Crippen molar-refractivity contribution in [2.75, 3.05) is 16.8 Å². The summed E-state index contributed by atoms with van der Waals surface area (Å²) in [6, 6.07) is 23.4. The standard InChI is InChI=1S/C21H21N3O/c1-2-24(16-17-9-5-3-6-10-17)19-13-14-20(22-15-19)21(25)23-18-11-7-4-8-12-18/h3-15H,2,16H2,1H3,(H,23,25). The van der Waals surface area contributed by atoms with Crippen LogP contribution in [0, 0.1) is 0 Å². The van der Waals surface area contributed by atoms with Crippen LogP contribution >= 0.6 is 0 Å². The number of amides is 1. The predicted octanol–water partition coefficient (Wildman–Crippen LogP) is 4.36. The maximum absolute atomic E-state index is 12.3. The maximum Gasteiger partial charge on any atom is 0.274 e. The quantitative estimate of drug-likeness (QED) is 0.730. The third kappa shape index (κ3) is 4.44. The van der Waals surface area contributed by atoms with E-state index in [1.807, 2.05) is 54.6 Å². The lowest BCUT2D eigenvalue weighted by molar-refractivity contribution is 0.102. The topological polar surface area (TPSA) is 45.2 Å². The van der Waals surface area contributed by atoms with Crippen LogP contribution in [0.15, 0.2) is 79.0 Å². The Morgan fingerprint density at radius 3 is 2.24 bits per heavy atom. The molecule has 0 saturated heterocycles. The molecule has 4 nitrogen and oxygen atoms in total. The van der Waals surface area contributed by atoms with E-state index in [0.29, 0.717) is 5.69 Å². The summed E-state index contributed by atoms with van der Waals surface area (Å²) in [5.74, 6) is -0.205. The Morgan fingerprint density at radius 1 is 0.960 bits per heavy atom. The van der Waals surface area contributed by atoms with E-state index in [-0.39, 0.29) is 5.91 Å². The van der Waals surface area contributed by atoms with E-state index in [1.54, 1.807) is 12.3 Å². The zero-order chi connectivity index (χ0) is 17.5. The second kappa shape index (κ2) is 8.11. The Balaban J connectivity index is 1.69. The number of nitrogens with one attached hydrogen (secondary N) is 1. The average Bonchev–Trinajstić information content (AvgIpc) is 2.68. The number of carbonyl (C=O) groups excluding carboxylic acids is 1. The van der Waals surface area contributed by atoms with Crippen molar-refractivity contribution < 1.29 is 4.79 Å². The van der Waals surface area contributed by atoms with Gasteiger partial charge in [-0.05, 0) is 36.8 Å². The van der Waals surface area contributed by atoms with Crippen molar-refractivity contribution in [1.29, 1.82) is 0 Å². The van der Waals surface area contributed by atoms with E-state index in [0.717, 1.165) is 24.5 Å². The fourth-order valence-corrected chi connectivity index (χ4v) is 2.61. The molecule has 0 spiro atoms. The highest BCUT2D eigenvalue weighted by molar-refractivity contribution is 6.02. The molecule has 0 bridgehead atoms. The molecule has 0 fully saturated rings. The van der Waals surface area contributed by atoms with Crippen molar-refractivity contribution in [3.63, 3.8) is 0 Å². The molecular weight excluding hydrogens is 310 g/mol. The molecule has 3 aromatic rings. The number of para-hydroxylation sites is 1. The van der Waals surface area contributed by atoms with E-state index < -0.39 is 0 Å². The second-order valence-corrected chi connectivity index (χ2v) is 5.72. The van der Waals surface area contributed by atoms with Gasteiger partial charge in [-0.2, -0.15) is 0 Å². The highest BCUT2D eigenvalue weighted by Gasteiger charge is 2.10. The largest absolute Gasteiger partial charge is 0.366 e. The summed E-state index contributed by atoms with van der Waals surface area (Å²) in [5.41, 5.74) is 3.42. The molecule has 0 unspecified atom stereocenters. The highest BCUT2D eigenvalue weighted by Crippen LogP contribution is 2.17. The van der Waals surface area contributed by atoms with E-state index in [9.17, 15) is 4.79 Å². The molecule has 1 N–H and O–H groups in total. The zero-order valence-electron chi connectivity index (χ0n) is 14.2. The monoisotopic (exact) mass is 331 g/mol. The minimum Gasteiger partial charge on any atom is -0.366 e. The van der Waals surface area contributed by atoms with Crippen LogP contribution in [0.1, 0.15) is 23.0 Å². The van der Waals surface area contributed by atoms with Crippen LogP contribution in [0.25, 0.3) is 0 Å². The van der Waals surface area contributed by atoms with Gasteiger partial charge in [0.15, 0.2) is 0 Å². The Hall–Kier alpha value is -3.14. The number of benzene rings is 2. The maximum atomic E-state index is 12.3. The minimum atomic E-state index is -0.205. The Labute approximate surface area is 148 Å². The van der Waals surface area contributed by atoms with Crippen molar-refractivity contribution in [1.82, 2.24) is 4.98 Å². The van der Waals surface area contributed by atoms with E-state index in [4.69, 9.17) is 0 Å². The van der Waals surface area contributed by atoms with Crippen LogP contribution in [0.3, 0.4) is 0 Å². The van der Waals surface area contributed by atoms with Gasteiger partial charge in [-0.15, -0.1) is 0 Å². The van der Waals surface area contributed by atoms with Gasteiger partial charge in [0.25, 0.3) is 5.91 Å². The summed E-state index contributed by atoms with van der Waals surface area (Å²) >= 11 is 0. The number of carbonyl (C=O) groups is 1. The van der Waals surface area contributed by atoms with Crippen molar-refractivity contribution >= 4 is 17.3 Å². The summed E-state index contributed by atoms with van der Waals surface area (Å²) in [5, 5.41) is 2.85. The van der Waals surface area contributed by atoms with Gasteiger partial charge in [-0.3, -0.25) is 4.79 Å². The van der Waals surface area contributed by atoms with Crippen LogP contribution < -0.4 is 10.2 Å². The van der Waals surface area contributed by atoms with E-state index >= 15 is 0 Å². The predicted molar refractivity (Wildman–Crippen MR) is 102 cm³/mol. The van der Waals surface area contributed by atoms with Crippen molar-refractivity contribution in [2.45, 2.75) is 13.5 Å². The molecule has 25 heavy (non-hydrogen) atoms. The van der Waals surface area contributed by atoms with Gasteiger partial charge in [0.2, 0.25) is 0 Å². The van der Waals surface area contributed by atoms with Gasteiger partial charge in [0.1, 0.15) is 5.69 Å². The third-order valence-corrected chi connectivity index (χ3v) is 3.98. The molecule has 1 heterocycles. The normalized spacial score (nSPS) is 10.3. The molecule has 1 aromatic heterocycles. The Bertz CT molecular complexity index is 802. The summed E-state index contributed by atoms with van der Waals surface area (Å²) in [6.07, 6.45) is 1.76. The van der Waals surface area contributed by atoms with Crippen molar-refractivity contribution in [3.8, 4) is 0 Å². The SMILES string of the molecule is CCN(Cc1ccccc1)c1ccc(C(=O)Nc2ccccc2)nc1. The summed E-state index contributed by atoms with van der Waals surface area (Å²) in [6.45, 7) is 3.79. The lowest BCUT2D eigenvalue weighted by atomic mass is 10.2. The first-order valence-electron chi connectivity index (χ1n) is 8.37. The molecule has 0 aliphatic rings. The smallest absolute Gasteiger partial charge is 0.274 e. The second-order valence-electron chi connectivity index (χ2n) is 5.72. The molecule has 0 aliphatic heterocycles. The lowest BCUT2D eigenvalue weighted by Gasteiger charge is -2.23. The lowest BCUT2D eigenvalue weighted by Crippen LogP contribution is -2.22. The average molecular weight is 331 g/mol. The molecule has 3 rings (SSSR count). The van der Waals surface area contributed by atoms with Gasteiger partial charge < -0.3 is 10.2 Å². The molecule has 4 heteroatoms. The van der Waals surface area contributed by atoms with Crippen LogP contribution in [-0.4, -0.2) is 17.4 Å². The highest BCUT2D eigenvalue weighted by atomic mass is 16.1. The fraction of sp³-hybridized carbons (Fsp3) is 0.143. The third-order valence-electron chi connectivity index (χ3n) is 3.98. The summed E-state index contributed by atoms with van der Waals surface area (Å²) < 4.78 is 0. The van der Waals surface area contributed by atoms with Crippen molar-refractivity contribution in [3.05, 3.63) is 90.3 Å². The number of rotatable bonds is 6. The number of hydrogen-bond donors (Lipinski definition) is 1. The van der Waals surface area contributed by atoms with Crippen LogP contribution in [-0.2, 0) is 6.54 Å². The summed E-state index contributed by atoms with van der Waals surface area (Å²) in [4.78, 5) is 18.8. The van der Waals surface area contributed by atoms with Crippen LogP contribution in [0.5, 0.6) is 0 Å². The Kier molecular flexibility index (Phi) is 5.42. The van der Waals surface area contributed by atoms with Crippen molar-refractivity contribution in [2.24, 2.45) is 0 Å². The van der Waals surface area contributed by atoms with Gasteiger partial charge in [0, 0.05) is 18.8 Å². The first-order chi connectivity index (χ1) is 12.3. The molecule has 126 valence electrons.